The topological polar surface area (TPSA) is 17.1 Å². The Morgan fingerprint density at radius 2 is 2.07 bits per heavy atom. The molecule has 0 rings (SSSR count). The molecule has 0 radical (unpaired) electrons. The second-order valence-corrected chi connectivity index (χ2v) is 2.53. The van der Waals surface area contributed by atoms with Crippen LogP contribution < -0.4 is 0 Å². The van der Waals surface area contributed by atoms with Gasteiger partial charge >= 0.3 is 0 Å². The van der Waals surface area contributed by atoms with Crippen LogP contribution in [0.4, 0.5) is 0 Å². The van der Waals surface area contributed by atoms with Crippen molar-refractivity contribution in [3.63, 3.8) is 0 Å². The SMILES string of the molecule is C#CC.C=C/C=C(\C=C)CCCC=O. The molecule has 0 fully saturated rings. The van der Waals surface area contributed by atoms with E-state index in [0.717, 1.165) is 24.7 Å². The first-order valence-electron chi connectivity index (χ1n) is 4.51. The Kier molecular flexibility index (Phi) is 14.9. The van der Waals surface area contributed by atoms with E-state index in [-0.39, 0.29) is 0 Å². The Hall–Kier alpha value is -1.55. The zero-order valence-electron chi connectivity index (χ0n) is 8.83. The third kappa shape index (κ3) is 13.1. The van der Waals surface area contributed by atoms with Crippen molar-refractivity contribution in [2.45, 2.75) is 26.2 Å². The minimum absolute atomic E-state index is 0.627. The molecule has 0 saturated carbocycles. The molecule has 0 spiro atoms. The highest BCUT2D eigenvalue weighted by Crippen LogP contribution is 2.07. The quantitative estimate of drug-likeness (QED) is 0.272. The predicted molar refractivity (Wildman–Crippen MR) is 62.9 cm³/mol. The number of allylic oxidation sites excluding steroid dienone is 4. The van der Waals surface area contributed by atoms with Crippen molar-refractivity contribution in [1.29, 1.82) is 0 Å². The lowest BCUT2D eigenvalue weighted by molar-refractivity contribution is -0.107. The number of terminal acetylenes is 1. The highest BCUT2D eigenvalue weighted by atomic mass is 16.1. The Labute approximate surface area is 87.2 Å². The van der Waals surface area contributed by atoms with E-state index in [2.05, 4.69) is 25.5 Å². The van der Waals surface area contributed by atoms with Gasteiger partial charge in [-0.25, -0.2) is 0 Å². The standard InChI is InChI=1S/C10H14O.C3H4/c1-3-7-10(4-2)8-5-6-9-11;1-3-2/h3-4,7,9H,1-2,5-6,8H2;1H,2H3/b10-7+;. The molecular formula is C13H18O. The molecule has 0 N–H and O–H groups in total. The maximum atomic E-state index is 9.97. The lowest BCUT2D eigenvalue weighted by Gasteiger charge is -1.96. The second-order valence-electron chi connectivity index (χ2n) is 2.53. The van der Waals surface area contributed by atoms with Crippen LogP contribution in [0.2, 0.25) is 0 Å². The molecule has 0 aliphatic rings. The molecule has 76 valence electrons. The van der Waals surface area contributed by atoms with Gasteiger partial charge in [-0.2, -0.15) is 0 Å². The summed E-state index contributed by atoms with van der Waals surface area (Å²) >= 11 is 0. The number of aldehydes is 1. The highest BCUT2D eigenvalue weighted by Gasteiger charge is 1.89. The van der Waals surface area contributed by atoms with Crippen molar-refractivity contribution < 1.29 is 4.79 Å². The van der Waals surface area contributed by atoms with Gasteiger partial charge in [-0.15, -0.1) is 12.3 Å². The van der Waals surface area contributed by atoms with E-state index in [9.17, 15) is 4.79 Å². The average Bonchev–Trinajstić information content (AvgIpc) is 2.18. The summed E-state index contributed by atoms with van der Waals surface area (Å²) in [5.74, 6) is 2.25. The van der Waals surface area contributed by atoms with Crippen LogP contribution in [-0.2, 0) is 4.79 Å². The summed E-state index contributed by atoms with van der Waals surface area (Å²) in [6.45, 7) is 8.89. The smallest absolute Gasteiger partial charge is 0.120 e. The summed E-state index contributed by atoms with van der Waals surface area (Å²) in [7, 11) is 0. The molecule has 0 saturated heterocycles. The van der Waals surface area contributed by atoms with Crippen molar-refractivity contribution in [3.8, 4) is 12.3 Å². The number of unbranched alkanes of at least 4 members (excludes halogenated alkanes) is 1. The molecule has 0 unspecified atom stereocenters. The molecule has 1 nitrogen and oxygen atoms in total. The number of hydrogen-bond acceptors (Lipinski definition) is 1. The van der Waals surface area contributed by atoms with Crippen molar-refractivity contribution in [2.75, 3.05) is 0 Å². The number of carbonyl (C=O) groups excluding carboxylic acids is 1. The molecular weight excluding hydrogens is 172 g/mol. The zero-order chi connectivity index (χ0) is 11.2. The lowest BCUT2D eigenvalue weighted by atomic mass is 10.1. The Morgan fingerprint density at radius 3 is 2.43 bits per heavy atom. The first-order valence-corrected chi connectivity index (χ1v) is 4.51. The first kappa shape index (κ1) is 14.9. The average molecular weight is 190 g/mol. The fourth-order valence-corrected chi connectivity index (χ4v) is 0.794. The molecule has 1 heteroatoms. The van der Waals surface area contributed by atoms with Crippen LogP contribution in [0.3, 0.4) is 0 Å². The molecule has 0 aliphatic carbocycles. The van der Waals surface area contributed by atoms with Crippen LogP contribution in [0.15, 0.2) is 37.0 Å². The molecule has 0 heterocycles. The van der Waals surface area contributed by atoms with E-state index in [0.29, 0.717) is 6.42 Å². The van der Waals surface area contributed by atoms with Crippen molar-refractivity contribution in [1.82, 2.24) is 0 Å². The van der Waals surface area contributed by atoms with E-state index in [4.69, 9.17) is 0 Å². The van der Waals surface area contributed by atoms with Gasteiger partial charge in [-0.3, -0.25) is 0 Å². The minimum Gasteiger partial charge on any atom is -0.303 e. The van der Waals surface area contributed by atoms with Gasteiger partial charge in [-0.1, -0.05) is 31.4 Å². The van der Waals surface area contributed by atoms with Gasteiger partial charge in [0.05, 0.1) is 0 Å². The highest BCUT2D eigenvalue weighted by molar-refractivity contribution is 5.49. The molecule has 0 amide bonds. The first-order chi connectivity index (χ1) is 6.76. The van der Waals surface area contributed by atoms with Gasteiger partial charge < -0.3 is 4.79 Å². The van der Waals surface area contributed by atoms with E-state index < -0.39 is 0 Å². The van der Waals surface area contributed by atoms with E-state index >= 15 is 0 Å². The Balaban J connectivity index is 0. The zero-order valence-corrected chi connectivity index (χ0v) is 8.83. The van der Waals surface area contributed by atoms with Gasteiger partial charge in [0.15, 0.2) is 0 Å². The fourth-order valence-electron chi connectivity index (χ4n) is 0.794. The molecule has 0 aromatic heterocycles. The maximum absolute atomic E-state index is 9.97. The summed E-state index contributed by atoms with van der Waals surface area (Å²) in [5, 5.41) is 0. The fraction of sp³-hybridized carbons (Fsp3) is 0.308. The third-order valence-corrected chi connectivity index (χ3v) is 1.38. The van der Waals surface area contributed by atoms with Crippen LogP contribution in [-0.4, -0.2) is 6.29 Å². The third-order valence-electron chi connectivity index (χ3n) is 1.38. The largest absolute Gasteiger partial charge is 0.303 e. The molecule has 14 heavy (non-hydrogen) atoms. The van der Waals surface area contributed by atoms with Crippen LogP contribution in [0.25, 0.3) is 0 Å². The van der Waals surface area contributed by atoms with Crippen molar-refractivity contribution in [3.05, 3.63) is 37.0 Å². The van der Waals surface area contributed by atoms with E-state index in [1.54, 1.807) is 19.1 Å². The van der Waals surface area contributed by atoms with Gasteiger partial charge in [0.25, 0.3) is 0 Å². The molecule has 0 aromatic carbocycles. The minimum atomic E-state index is 0.627. The van der Waals surface area contributed by atoms with Gasteiger partial charge in [0.2, 0.25) is 0 Å². The number of carbonyl (C=O) groups is 1. The summed E-state index contributed by atoms with van der Waals surface area (Å²) in [5.41, 5.74) is 1.14. The van der Waals surface area contributed by atoms with Gasteiger partial charge in [-0.05, 0) is 25.3 Å². The monoisotopic (exact) mass is 190 g/mol. The molecule has 0 aromatic rings. The van der Waals surface area contributed by atoms with Crippen molar-refractivity contribution >= 4 is 6.29 Å². The maximum Gasteiger partial charge on any atom is 0.120 e. The summed E-state index contributed by atoms with van der Waals surface area (Å²) in [6.07, 6.45) is 13.4. The normalized spacial score (nSPS) is 9.00. The van der Waals surface area contributed by atoms with Crippen LogP contribution in [0.1, 0.15) is 26.2 Å². The Morgan fingerprint density at radius 1 is 1.50 bits per heavy atom. The Bertz CT molecular complexity index is 228. The van der Waals surface area contributed by atoms with Gasteiger partial charge in [0.1, 0.15) is 6.29 Å². The number of rotatable bonds is 6. The van der Waals surface area contributed by atoms with Crippen LogP contribution in [0.5, 0.6) is 0 Å². The molecule has 0 atom stereocenters. The summed E-state index contributed by atoms with van der Waals surface area (Å²) < 4.78 is 0. The molecule has 0 bridgehead atoms. The number of hydrogen-bond donors (Lipinski definition) is 0. The lowest BCUT2D eigenvalue weighted by Crippen LogP contribution is -1.80. The predicted octanol–water partition coefficient (Wildman–Crippen LogP) is 3.29. The van der Waals surface area contributed by atoms with E-state index in [1.165, 1.54) is 0 Å². The second kappa shape index (κ2) is 14.0. The van der Waals surface area contributed by atoms with E-state index in [1.807, 2.05) is 6.08 Å². The van der Waals surface area contributed by atoms with Gasteiger partial charge in [0, 0.05) is 6.42 Å². The van der Waals surface area contributed by atoms with Crippen LogP contribution in [0, 0.1) is 12.3 Å². The van der Waals surface area contributed by atoms with Crippen LogP contribution >= 0.6 is 0 Å². The summed E-state index contributed by atoms with van der Waals surface area (Å²) in [6, 6.07) is 0. The van der Waals surface area contributed by atoms with Crippen molar-refractivity contribution in [2.24, 2.45) is 0 Å². The molecule has 0 aliphatic heterocycles. The summed E-state index contributed by atoms with van der Waals surface area (Å²) in [4.78, 5) is 9.97.